The number of ether oxygens (including phenoxy) is 2. The van der Waals surface area contributed by atoms with E-state index in [1.807, 2.05) is 0 Å². The van der Waals surface area contributed by atoms with Crippen LogP contribution < -0.4 is 26.2 Å². The van der Waals surface area contributed by atoms with E-state index in [1.54, 1.807) is 48.5 Å². The maximum atomic E-state index is 13.5. The van der Waals surface area contributed by atoms with Gasteiger partial charge in [0, 0.05) is 5.69 Å². The first-order valence-electron chi connectivity index (χ1n) is 10.6. The van der Waals surface area contributed by atoms with Crippen molar-refractivity contribution in [1.82, 2.24) is 14.1 Å². The third-order valence-corrected chi connectivity index (χ3v) is 5.34. The fourth-order valence-electron chi connectivity index (χ4n) is 3.49. The molecule has 1 heterocycles. The molecule has 0 fully saturated rings. The van der Waals surface area contributed by atoms with Crippen molar-refractivity contribution in [1.29, 1.82) is 0 Å². The van der Waals surface area contributed by atoms with E-state index in [0.29, 0.717) is 22.7 Å². The average molecular weight is 498 g/mol. The van der Waals surface area contributed by atoms with Crippen LogP contribution in [0.1, 0.15) is 11.1 Å². The largest absolute Gasteiger partial charge is 0.497 e. The van der Waals surface area contributed by atoms with Gasteiger partial charge in [-0.05, 0) is 60.2 Å². The van der Waals surface area contributed by atoms with Gasteiger partial charge in [-0.15, -0.1) is 0 Å². The number of hydrogen-bond acceptors (Lipinski definition) is 6. The molecule has 1 aromatic heterocycles. The zero-order chi connectivity index (χ0) is 25.9. The number of methoxy groups -OCH3 is 2. The molecule has 0 unspecified atom stereocenters. The van der Waals surface area contributed by atoms with Crippen LogP contribution in [0.3, 0.4) is 0 Å². The number of rotatable bonds is 7. The van der Waals surface area contributed by atoms with Crippen molar-refractivity contribution in [3.63, 3.8) is 0 Å². The maximum absolute atomic E-state index is 13.5. The fraction of sp³-hybridized carbons (Fsp3) is 0.160. The molecule has 0 saturated heterocycles. The zero-order valence-electron chi connectivity index (χ0n) is 19.2. The molecule has 186 valence electrons. The lowest BCUT2D eigenvalue weighted by atomic mass is 10.2. The molecule has 0 spiro atoms. The van der Waals surface area contributed by atoms with Crippen molar-refractivity contribution < 1.29 is 22.6 Å². The quantitative estimate of drug-likeness (QED) is 0.411. The molecule has 0 amide bonds. The topological polar surface area (TPSA) is 87.4 Å². The van der Waals surface area contributed by atoms with Crippen LogP contribution >= 0.6 is 0 Å². The third-order valence-electron chi connectivity index (χ3n) is 5.34. The van der Waals surface area contributed by atoms with E-state index in [1.165, 1.54) is 26.4 Å². The highest BCUT2D eigenvalue weighted by Gasteiger charge is 2.30. The Balaban J connectivity index is 1.83. The molecule has 11 heteroatoms. The van der Waals surface area contributed by atoms with Crippen LogP contribution in [0.2, 0.25) is 0 Å². The average Bonchev–Trinajstić information content (AvgIpc) is 2.87. The summed E-state index contributed by atoms with van der Waals surface area (Å²) >= 11 is 0. The van der Waals surface area contributed by atoms with Gasteiger partial charge in [0.05, 0.1) is 32.0 Å². The van der Waals surface area contributed by atoms with Crippen LogP contribution in [0, 0.1) is 0 Å². The first-order valence-corrected chi connectivity index (χ1v) is 10.6. The Bertz CT molecular complexity index is 1480. The van der Waals surface area contributed by atoms with Gasteiger partial charge in [0.2, 0.25) is 5.95 Å². The lowest BCUT2D eigenvalue weighted by Gasteiger charge is -2.17. The summed E-state index contributed by atoms with van der Waals surface area (Å²) in [6.45, 7) is -0.0747. The van der Waals surface area contributed by atoms with Gasteiger partial charge in [-0.2, -0.15) is 18.2 Å². The lowest BCUT2D eigenvalue weighted by Crippen LogP contribution is -2.42. The van der Waals surface area contributed by atoms with Gasteiger partial charge in [0.1, 0.15) is 11.5 Å². The normalized spacial score (nSPS) is 11.2. The molecule has 4 rings (SSSR count). The molecule has 0 saturated carbocycles. The predicted molar refractivity (Wildman–Crippen MR) is 127 cm³/mol. The number of alkyl halides is 3. The van der Waals surface area contributed by atoms with E-state index < -0.39 is 23.1 Å². The molecule has 8 nitrogen and oxygen atoms in total. The summed E-state index contributed by atoms with van der Waals surface area (Å²) in [5.41, 5.74) is -1.51. The van der Waals surface area contributed by atoms with Gasteiger partial charge < -0.3 is 14.8 Å². The first kappa shape index (κ1) is 24.6. The minimum Gasteiger partial charge on any atom is -0.497 e. The minimum atomic E-state index is -4.57. The van der Waals surface area contributed by atoms with Gasteiger partial charge >= 0.3 is 17.6 Å². The highest BCUT2D eigenvalue weighted by atomic mass is 19.4. The maximum Gasteiger partial charge on any atom is 0.416 e. The summed E-state index contributed by atoms with van der Waals surface area (Å²) in [7, 11) is 3.01. The number of nitrogens with zero attached hydrogens (tertiary/aromatic N) is 3. The van der Waals surface area contributed by atoms with E-state index in [-0.39, 0.29) is 18.2 Å². The molecular formula is C25H21F3N4O4. The second-order valence-corrected chi connectivity index (χ2v) is 7.67. The Hall–Kier alpha value is -4.54. The molecule has 0 aliphatic carbocycles. The summed E-state index contributed by atoms with van der Waals surface area (Å²) in [5.74, 6) is 0.902. The van der Waals surface area contributed by atoms with E-state index in [0.717, 1.165) is 21.3 Å². The standard InChI is InChI=1S/C25H21F3N4O4/c1-35-20-10-6-16(7-11-20)15-31-23(33)30-22(29-18-5-3-4-17(14-18)25(26,27)28)32(24(31)34)19-8-12-21(36-2)13-9-19/h3-14H,15H2,1-2H3,(H,29,30,33). The molecule has 4 aromatic rings. The van der Waals surface area contributed by atoms with Crippen LogP contribution in [-0.2, 0) is 12.7 Å². The second kappa shape index (κ2) is 9.98. The van der Waals surface area contributed by atoms with Crippen LogP contribution in [0.25, 0.3) is 5.69 Å². The Kier molecular flexibility index (Phi) is 6.82. The molecule has 36 heavy (non-hydrogen) atoms. The first-order chi connectivity index (χ1) is 17.2. The molecule has 0 atom stereocenters. The van der Waals surface area contributed by atoms with Gasteiger partial charge in [-0.1, -0.05) is 18.2 Å². The SMILES string of the molecule is COc1ccc(Cn2c(=O)nc(Nc3cccc(C(F)(F)F)c3)n(-c3ccc(OC)cc3)c2=O)cc1. The van der Waals surface area contributed by atoms with Crippen molar-refractivity contribution in [3.8, 4) is 17.2 Å². The Morgan fingerprint density at radius 2 is 1.50 bits per heavy atom. The molecule has 0 aliphatic heterocycles. The lowest BCUT2D eigenvalue weighted by molar-refractivity contribution is -0.137. The number of anilines is 2. The van der Waals surface area contributed by atoms with Gasteiger partial charge in [0.25, 0.3) is 0 Å². The Morgan fingerprint density at radius 3 is 2.08 bits per heavy atom. The molecule has 0 bridgehead atoms. The van der Waals surface area contributed by atoms with Crippen LogP contribution in [-0.4, -0.2) is 28.3 Å². The van der Waals surface area contributed by atoms with Crippen molar-refractivity contribution in [2.24, 2.45) is 0 Å². The second-order valence-electron chi connectivity index (χ2n) is 7.67. The summed E-state index contributed by atoms with van der Waals surface area (Å²) in [5, 5.41) is 2.69. The Labute approximate surface area is 203 Å². The van der Waals surface area contributed by atoms with E-state index in [2.05, 4.69) is 10.3 Å². The summed E-state index contributed by atoms with van der Waals surface area (Å²) in [6, 6.07) is 17.5. The van der Waals surface area contributed by atoms with Crippen LogP contribution in [0.4, 0.5) is 24.8 Å². The summed E-state index contributed by atoms with van der Waals surface area (Å²) < 4.78 is 51.9. The van der Waals surface area contributed by atoms with Crippen molar-refractivity contribution >= 4 is 11.6 Å². The molecule has 0 aliphatic rings. The van der Waals surface area contributed by atoms with Crippen molar-refractivity contribution in [2.75, 3.05) is 19.5 Å². The number of aromatic nitrogens is 3. The van der Waals surface area contributed by atoms with Crippen molar-refractivity contribution in [2.45, 2.75) is 12.7 Å². The summed E-state index contributed by atoms with van der Waals surface area (Å²) in [4.78, 5) is 30.4. The van der Waals surface area contributed by atoms with Crippen LogP contribution in [0.15, 0.2) is 82.4 Å². The van der Waals surface area contributed by atoms with Gasteiger partial charge in [-0.25, -0.2) is 18.7 Å². The predicted octanol–water partition coefficient (Wildman–Crippen LogP) is 4.22. The highest BCUT2D eigenvalue weighted by molar-refractivity contribution is 5.57. The minimum absolute atomic E-state index is 0.00583. The van der Waals surface area contributed by atoms with Crippen molar-refractivity contribution in [3.05, 3.63) is 105 Å². The number of hydrogen-bond donors (Lipinski definition) is 1. The molecule has 3 aromatic carbocycles. The number of nitrogens with one attached hydrogen (secondary N) is 1. The third kappa shape index (κ3) is 5.24. The monoisotopic (exact) mass is 498 g/mol. The zero-order valence-corrected chi connectivity index (χ0v) is 19.2. The van der Waals surface area contributed by atoms with E-state index in [4.69, 9.17) is 9.47 Å². The Morgan fingerprint density at radius 1 is 0.889 bits per heavy atom. The van der Waals surface area contributed by atoms with Gasteiger partial charge in [0.15, 0.2) is 0 Å². The fourth-order valence-corrected chi connectivity index (χ4v) is 3.49. The van der Waals surface area contributed by atoms with Crippen LogP contribution in [0.5, 0.6) is 11.5 Å². The number of benzene rings is 3. The molecular weight excluding hydrogens is 477 g/mol. The molecule has 0 radical (unpaired) electrons. The summed E-state index contributed by atoms with van der Waals surface area (Å²) in [6.07, 6.45) is -4.57. The smallest absolute Gasteiger partial charge is 0.416 e. The highest BCUT2D eigenvalue weighted by Crippen LogP contribution is 2.31. The molecule has 1 N–H and O–H groups in total. The van der Waals surface area contributed by atoms with E-state index >= 15 is 0 Å². The van der Waals surface area contributed by atoms with E-state index in [9.17, 15) is 22.8 Å². The van der Waals surface area contributed by atoms with Gasteiger partial charge in [-0.3, -0.25) is 0 Å². The number of halogens is 3.